The Hall–Kier alpha value is -2.13. The van der Waals surface area contributed by atoms with Crippen molar-refractivity contribution >= 4 is 11.6 Å². The molecule has 25 heavy (non-hydrogen) atoms. The number of benzene rings is 2. The highest BCUT2D eigenvalue weighted by atomic mass is 16.1. The smallest absolute Gasteiger partial charge is 0.279 e. The van der Waals surface area contributed by atoms with E-state index in [0.29, 0.717) is 18.5 Å². The second-order valence-electron chi connectivity index (χ2n) is 7.10. The maximum absolute atomic E-state index is 12.5. The van der Waals surface area contributed by atoms with Gasteiger partial charge in [0.2, 0.25) is 0 Å². The second-order valence-corrected chi connectivity index (χ2v) is 7.10. The van der Waals surface area contributed by atoms with Crippen LogP contribution in [0.25, 0.3) is 0 Å². The topological polar surface area (TPSA) is 45.7 Å². The number of aryl methyl sites for hydroxylation is 2. The van der Waals surface area contributed by atoms with Gasteiger partial charge in [-0.25, -0.2) is 0 Å². The summed E-state index contributed by atoms with van der Waals surface area (Å²) in [6, 6.07) is 17.0. The summed E-state index contributed by atoms with van der Waals surface area (Å²) >= 11 is 0. The number of quaternary nitrogens is 1. The first kappa shape index (κ1) is 19.2. The highest BCUT2D eigenvalue weighted by Crippen LogP contribution is 2.21. The standard InChI is InChI=1S/C22H30N2O/c1-5-18-13-9-10-17(4)22(18)24-21(25)15-23-20(14-16(2)3)19-11-7-6-8-12-19/h6-13,16,20,23H,5,14-15H2,1-4H3,(H,24,25)/p+1/t20-/m0/s1. The van der Waals surface area contributed by atoms with E-state index < -0.39 is 0 Å². The Bertz CT molecular complexity index is 680. The number of anilines is 1. The minimum atomic E-state index is 0.0636. The molecule has 0 unspecified atom stereocenters. The number of para-hydroxylation sites is 1. The number of carbonyl (C=O) groups excluding carboxylic acids is 1. The maximum atomic E-state index is 12.5. The lowest BCUT2D eigenvalue weighted by molar-refractivity contribution is -0.687. The van der Waals surface area contributed by atoms with Crippen molar-refractivity contribution in [3.63, 3.8) is 0 Å². The Balaban J connectivity index is 2.02. The molecule has 1 amide bonds. The highest BCUT2D eigenvalue weighted by molar-refractivity contribution is 5.93. The Morgan fingerprint density at radius 3 is 2.44 bits per heavy atom. The van der Waals surface area contributed by atoms with Crippen LogP contribution < -0.4 is 10.6 Å². The van der Waals surface area contributed by atoms with Gasteiger partial charge in [0.25, 0.3) is 5.91 Å². The third kappa shape index (κ3) is 5.71. The second kappa shape index (κ2) is 9.38. The molecule has 3 nitrogen and oxygen atoms in total. The van der Waals surface area contributed by atoms with Gasteiger partial charge in [-0.3, -0.25) is 4.79 Å². The van der Waals surface area contributed by atoms with Crippen LogP contribution in [-0.4, -0.2) is 12.5 Å². The summed E-state index contributed by atoms with van der Waals surface area (Å²) in [5, 5.41) is 5.28. The van der Waals surface area contributed by atoms with Gasteiger partial charge >= 0.3 is 0 Å². The third-order valence-corrected chi connectivity index (χ3v) is 4.55. The minimum Gasteiger partial charge on any atom is -0.332 e. The zero-order valence-electron chi connectivity index (χ0n) is 15.9. The molecular weight excluding hydrogens is 308 g/mol. The molecule has 3 N–H and O–H groups in total. The summed E-state index contributed by atoms with van der Waals surface area (Å²) in [6.07, 6.45) is 1.98. The fraction of sp³-hybridized carbons (Fsp3) is 0.409. The molecule has 0 spiro atoms. The lowest BCUT2D eigenvalue weighted by atomic mass is 9.97. The first-order valence-corrected chi connectivity index (χ1v) is 9.27. The lowest BCUT2D eigenvalue weighted by Crippen LogP contribution is -2.87. The first-order chi connectivity index (χ1) is 12.0. The molecule has 0 aliphatic carbocycles. The van der Waals surface area contributed by atoms with Crippen molar-refractivity contribution < 1.29 is 10.1 Å². The van der Waals surface area contributed by atoms with E-state index in [-0.39, 0.29) is 5.91 Å². The zero-order chi connectivity index (χ0) is 18.2. The van der Waals surface area contributed by atoms with Crippen LogP contribution in [0.1, 0.15) is 49.9 Å². The highest BCUT2D eigenvalue weighted by Gasteiger charge is 2.18. The van der Waals surface area contributed by atoms with Crippen molar-refractivity contribution in [2.24, 2.45) is 5.92 Å². The van der Waals surface area contributed by atoms with Gasteiger partial charge in [0.1, 0.15) is 6.04 Å². The molecule has 1 atom stereocenters. The summed E-state index contributed by atoms with van der Waals surface area (Å²) in [6.45, 7) is 9.05. The summed E-state index contributed by atoms with van der Waals surface area (Å²) in [4.78, 5) is 12.5. The summed E-state index contributed by atoms with van der Waals surface area (Å²) < 4.78 is 0. The molecule has 2 aromatic carbocycles. The van der Waals surface area contributed by atoms with E-state index in [9.17, 15) is 4.79 Å². The van der Waals surface area contributed by atoms with E-state index >= 15 is 0 Å². The number of nitrogens with one attached hydrogen (secondary N) is 1. The molecule has 0 saturated heterocycles. The molecule has 0 fully saturated rings. The molecule has 0 aliphatic rings. The molecule has 0 radical (unpaired) electrons. The van der Waals surface area contributed by atoms with Crippen LogP contribution in [0.15, 0.2) is 48.5 Å². The molecule has 3 heteroatoms. The summed E-state index contributed by atoms with van der Waals surface area (Å²) in [7, 11) is 0. The van der Waals surface area contributed by atoms with E-state index in [2.05, 4.69) is 61.7 Å². The van der Waals surface area contributed by atoms with Crippen molar-refractivity contribution in [3.8, 4) is 0 Å². The van der Waals surface area contributed by atoms with Crippen LogP contribution in [0.5, 0.6) is 0 Å². The number of rotatable bonds is 8. The Morgan fingerprint density at radius 2 is 1.80 bits per heavy atom. The Kier molecular flexibility index (Phi) is 7.20. The summed E-state index contributed by atoms with van der Waals surface area (Å²) in [5.74, 6) is 0.654. The molecule has 0 saturated carbocycles. The zero-order valence-corrected chi connectivity index (χ0v) is 15.9. The normalized spacial score (nSPS) is 12.2. The maximum Gasteiger partial charge on any atom is 0.279 e. The van der Waals surface area contributed by atoms with Gasteiger partial charge in [-0.15, -0.1) is 0 Å². The molecule has 2 aromatic rings. The van der Waals surface area contributed by atoms with Crippen LogP contribution in [0.2, 0.25) is 0 Å². The predicted molar refractivity (Wildman–Crippen MR) is 105 cm³/mol. The molecule has 2 rings (SSSR count). The van der Waals surface area contributed by atoms with E-state index in [1.807, 2.05) is 25.1 Å². The van der Waals surface area contributed by atoms with Gasteiger partial charge in [0.15, 0.2) is 6.54 Å². The number of hydrogen-bond acceptors (Lipinski definition) is 1. The van der Waals surface area contributed by atoms with Gasteiger partial charge < -0.3 is 10.6 Å². The van der Waals surface area contributed by atoms with Crippen molar-refractivity contribution in [1.82, 2.24) is 0 Å². The first-order valence-electron chi connectivity index (χ1n) is 9.27. The van der Waals surface area contributed by atoms with Crippen molar-refractivity contribution in [3.05, 3.63) is 65.2 Å². The van der Waals surface area contributed by atoms with Gasteiger partial charge in [0, 0.05) is 17.7 Å². The van der Waals surface area contributed by atoms with Crippen LogP contribution in [0.4, 0.5) is 5.69 Å². The van der Waals surface area contributed by atoms with Crippen LogP contribution in [-0.2, 0) is 11.2 Å². The molecule has 0 aliphatic heterocycles. The quantitative estimate of drug-likeness (QED) is 0.754. The number of carbonyl (C=O) groups is 1. The van der Waals surface area contributed by atoms with Crippen LogP contribution >= 0.6 is 0 Å². The largest absolute Gasteiger partial charge is 0.332 e. The van der Waals surface area contributed by atoms with Gasteiger partial charge in [-0.2, -0.15) is 0 Å². The monoisotopic (exact) mass is 339 g/mol. The molecule has 134 valence electrons. The number of hydrogen-bond donors (Lipinski definition) is 2. The van der Waals surface area contributed by atoms with E-state index in [1.165, 1.54) is 11.1 Å². The lowest BCUT2D eigenvalue weighted by Gasteiger charge is -2.18. The fourth-order valence-corrected chi connectivity index (χ4v) is 3.22. The Morgan fingerprint density at radius 1 is 1.08 bits per heavy atom. The van der Waals surface area contributed by atoms with Gasteiger partial charge in [-0.1, -0.05) is 69.3 Å². The summed E-state index contributed by atoms with van der Waals surface area (Å²) in [5.41, 5.74) is 4.57. The third-order valence-electron chi connectivity index (χ3n) is 4.55. The fourth-order valence-electron chi connectivity index (χ4n) is 3.22. The molecule has 0 bridgehead atoms. The SMILES string of the molecule is CCc1cccc(C)c1NC(=O)C[NH2+][C@@H](CC(C)C)c1ccccc1. The molecule has 0 heterocycles. The van der Waals surface area contributed by atoms with Crippen LogP contribution in [0, 0.1) is 12.8 Å². The van der Waals surface area contributed by atoms with Crippen molar-refractivity contribution in [1.29, 1.82) is 0 Å². The minimum absolute atomic E-state index is 0.0636. The van der Waals surface area contributed by atoms with E-state index in [4.69, 9.17) is 0 Å². The predicted octanol–water partition coefficient (Wildman–Crippen LogP) is 3.85. The van der Waals surface area contributed by atoms with Gasteiger partial charge in [0.05, 0.1) is 0 Å². The van der Waals surface area contributed by atoms with Crippen molar-refractivity contribution in [2.45, 2.75) is 46.6 Å². The average Bonchev–Trinajstić information content (AvgIpc) is 2.60. The van der Waals surface area contributed by atoms with Crippen LogP contribution in [0.3, 0.4) is 0 Å². The Labute approximate surface area is 151 Å². The van der Waals surface area contributed by atoms with Gasteiger partial charge in [-0.05, 0) is 30.4 Å². The average molecular weight is 340 g/mol. The molecule has 0 aromatic heterocycles. The number of amides is 1. The van der Waals surface area contributed by atoms with E-state index in [1.54, 1.807) is 0 Å². The van der Waals surface area contributed by atoms with E-state index in [0.717, 1.165) is 24.1 Å². The number of nitrogens with two attached hydrogens (primary N) is 1. The molecular formula is C22H31N2O+. The van der Waals surface area contributed by atoms with Crippen molar-refractivity contribution in [2.75, 3.05) is 11.9 Å².